The van der Waals surface area contributed by atoms with Gasteiger partial charge in [-0.1, -0.05) is 17.7 Å². The van der Waals surface area contributed by atoms with Crippen molar-refractivity contribution in [2.75, 3.05) is 6.54 Å². The third-order valence-corrected chi connectivity index (χ3v) is 3.67. The molecule has 0 saturated carbocycles. The minimum atomic E-state index is -0.509. The van der Waals surface area contributed by atoms with Crippen LogP contribution < -0.4 is 10.5 Å². The van der Waals surface area contributed by atoms with E-state index in [1.54, 1.807) is 6.07 Å². The van der Waals surface area contributed by atoms with E-state index >= 15 is 0 Å². The number of nitrogens with two attached hydrogens (primary N) is 1. The zero-order chi connectivity index (χ0) is 14.3. The Hall–Kier alpha value is -1.65. The topological polar surface area (TPSA) is 35.2 Å². The van der Waals surface area contributed by atoms with Crippen molar-refractivity contribution in [2.45, 2.75) is 12.5 Å². The Morgan fingerprint density at radius 3 is 2.80 bits per heavy atom. The maximum atomic E-state index is 14.0. The SMILES string of the molecule is NC[C@H]1Cc2cc(F)cc(-c3c(F)cccc3Cl)c2O1. The lowest BCUT2D eigenvalue weighted by atomic mass is 9.99. The molecule has 20 heavy (non-hydrogen) atoms. The largest absolute Gasteiger partial charge is 0.488 e. The van der Waals surface area contributed by atoms with Crippen molar-refractivity contribution in [3.05, 3.63) is 52.6 Å². The first-order chi connectivity index (χ1) is 9.60. The standard InChI is InChI=1S/C15H12ClF2NO/c16-12-2-1-3-13(18)14(12)11-6-9(17)4-8-5-10(7-19)20-15(8)11/h1-4,6,10H,5,7,19H2/t10-/m1/s1. The number of hydrogen-bond acceptors (Lipinski definition) is 2. The van der Waals surface area contributed by atoms with Gasteiger partial charge >= 0.3 is 0 Å². The highest BCUT2D eigenvalue weighted by atomic mass is 35.5. The molecule has 0 saturated heterocycles. The highest BCUT2D eigenvalue weighted by molar-refractivity contribution is 6.33. The molecule has 2 aromatic rings. The van der Waals surface area contributed by atoms with Gasteiger partial charge in [0.1, 0.15) is 23.5 Å². The lowest BCUT2D eigenvalue weighted by Crippen LogP contribution is -2.24. The zero-order valence-corrected chi connectivity index (χ0v) is 11.3. The second kappa shape index (κ2) is 5.04. The molecular formula is C15H12ClF2NO. The fourth-order valence-corrected chi connectivity index (χ4v) is 2.73. The van der Waals surface area contributed by atoms with Crippen molar-refractivity contribution in [1.29, 1.82) is 0 Å². The van der Waals surface area contributed by atoms with Crippen LogP contribution in [0.15, 0.2) is 30.3 Å². The second-order valence-corrected chi connectivity index (χ2v) is 5.13. The van der Waals surface area contributed by atoms with Crippen LogP contribution in [0, 0.1) is 11.6 Å². The van der Waals surface area contributed by atoms with Gasteiger partial charge in [0, 0.05) is 29.7 Å². The molecule has 0 fully saturated rings. The van der Waals surface area contributed by atoms with E-state index in [1.165, 1.54) is 24.3 Å². The Balaban J connectivity index is 2.21. The Bertz CT molecular complexity index is 655. The smallest absolute Gasteiger partial charge is 0.132 e. The van der Waals surface area contributed by atoms with Gasteiger partial charge in [-0.15, -0.1) is 0 Å². The summed E-state index contributed by atoms with van der Waals surface area (Å²) >= 11 is 6.05. The van der Waals surface area contributed by atoms with E-state index in [0.717, 1.165) is 0 Å². The van der Waals surface area contributed by atoms with E-state index in [9.17, 15) is 8.78 Å². The molecule has 0 amide bonds. The molecule has 2 N–H and O–H groups in total. The first-order valence-electron chi connectivity index (χ1n) is 6.23. The lowest BCUT2D eigenvalue weighted by molar-refractivity contribution is 0.242. The maximum Gasteiger partial charge on any atom is 0.132 e. The van der Waals surface area contributed by atoms with E-state index in [4.69, 9.17) is 22.1 Å². The monoisotopic (exact) mass is 295 g/mol. The molecule has 5 heteroatoms. The molecule has 3 rings (SSSR count). The van der Waals surface area contributed by atoms with Gasteiger partial charge in [-0.2, -0.15) is 0 Å². The predicted octanol–water partition coefficient (Wildman–Crippen LogP) is 3.55. The second-order valence-electron chi connectivity index (χ2n) is 4.72. The van der Waals surface area contributed by atoms with Crippen LogP contribution >= 0.6 is 11.6 Å². The van der Waals surface area contributed by atoms with Crippen molar-refractivity contribution >= 4 is 11.6 Å². The van der Waals surface area contributed by atoms with Crippen molar-refractivity contribution < 1.29 is 13.5 Å². The van der Waals surface area contributed by atoms with Gasteiger partial charge in [-0.3, -0.25) is 0 Å². The minimum absolute atomic E-state index is 0.155. The van der Waals surface area contributed by atoms with E-state index in [1.807, 2.05) is 0 Å². The average Bonchev–Trinajstić information content (AvgIpc) is 2.81. The van der Waals surface area contributed by atoms with Gasteiger partial charge < -0.3 is 10.5 Å². The van der Waals surface area contributed by atoms with E-state index < -0.39 is 11.6 Å². The highest BCUT2D eigenvalue weighted by Gasteiger charge is 2.27. The van der Waals surface area contributed by atoms with Crippen molar-refractivity contribution in [3.8, 4) is 16.9 Å². The summed E-state index contributed by atoms with van der Waals surface area (Å²) < 4.78 is 33.5. The molecule has 1 aliphatic rings. The van der Waals surface area contributed by atoms with E-state index in [-0.39, 0.29) is 16.7 Å². The Morgan fingerprint density at radius 2 is 2.10 bits per heavy atom. The van der Waals surface area contributed by atoms with Gasteiger partial charge in [0.25, 0.3) is 0 Å². The van der Waals surface area contributed by atoms with Crippen LogP contribution in [-0.2, 0) is 6.42 Å². The fourth-order valence-electron chi connectivity index (χ4n) is 2.47. The van der Waals surface area contributed by atoms with Gasteiger partial charge in [0.2, 0.25) is 0 Å². The van der Waals surface area contributed by atoms with Crippen LogP contribution in [0.1, 0.15) is 5.56 Å². The van der Waals surface area contributed by atoms with Gasteiger partial charge in [0.15, 0.2) is 0 Å². The Morgan fingerprint density at radius 1 is 1.30 bits per heavy atom. The molecule has 1 atom stereocenters. The number of benzene rings is 2. The van der Waals surface area contributed by atoms with Gasteiger partial charge in [0.05, 0.1) is 5.02 Å². The molecule has 1 heterocycles. The average molecular weight is 296 g/mol. The molecule has 1 aliphatic heterocycles. The van der Waals surface area contributed by atoms with Crippen LogP contribution in [0.5, 0.6) is 5.75 Å². The molecule has 0 unspecified atom stereocenters. The summed E-state index contributed by atoms with van der Waals surface area (Å²) in [4.78, 5) is 0. The van der Waals surface area contributed by atoms with E-state index in [2.05, 4.69) is 0 Å². The Kier molecular flexibility index (Phi) is 3.36. The summed E-state index contributed by atoms with van der Waals surface area (Å²) in [6.07, 6.45) is 0.305. The molecule has 0 bridgehead atoms. The van der Waals surface area contributed by atoms with Crippen molar-refractivity contribution in [2.24, 2.45) is 5.73 Å². The first kappa shape index (κ1) is 13.3. The number of hydrogen-bond donors (Lipinski definition) is 1. The summed E-state index contributed by atoms with van der Waals surface area (Å²) in [5.41, 5.74) is 6.76. The Labute approximate surface area is 120 Å². The normalized spacial score (nSPS) is 16.9. The summed E-state index contributed by atoms with van der Waals surface area (Å²) in [5.74, 6) is -0.488. The van der Waals surface area contributed by atoms with Crippen LogP contribution in [-0.4, -0.2) is 12.6 Å². The number of fused-ring (bicyclic) bond motifs is 1. The van der Waals surface area contributed by atoms with Crippen LogP contribution in [0.25, 0.3) is 11.1 Å². The van der Waals surface area contributed by atoms with Crippen LogP contribution in [0.3, 0.4) is 0 Å². The minimum Gasteiger partial charge on any atom is -0.488 e. The third kappa shape index (κ3) is 2.15. The maximum absolute atomic E-state index is 14.0. The summed E-state index contributed by atoms with van der Waals surface area (Å²) in [5, 5.41) is 0.220. The summed E-state index contributed by atoms with van der Waals surface area (Å²) in [6, 6.07) is 6.98. The number of rotatable bonds is 2. The predicted molar refractivity (Wildman–Crippen MR) is 74.0 cm³/mol. The molecule has 0 aromatic heterocycles. The zero-order valence-electron chi connectivity index (χ0n) is 10.5. The van der Waals surface area contributed by atoms with Crippen molar-refractivity contribution in [3.63, 3.8) is 0 Å². The fraction of sp³-hybridized carbons (Fsp3) is 0.200. The van der Waals surface area contributed by atoms with Crippen LogP contribution in [0.2, 0.25) is 5.02 Å². The molecule has 2 aromatic carbocycles. The van der Waals surface area contributed by atoms with Crippen molar-refractivity contribution in [1.82, 2.24) is 0 Å². The molecule has 0 aliphatic carbocycles. The molecular weight excluding hydrogens is 284 g/mol. The summed E-state index contributed by atoms with van der Waals surface area (Å²) in [6.45, 7) is 0.320. The van der Waals surface area contributed by atoms with Gasteiger partial charge in [-0.05, 0) is 24.3 Å². The highest BCUT2D eigenvalue weighted by Crippen LogP contribution is 2.42. The third-order valence-electron chi connectivity index (χ3n) is 3.36. The lowest BCUT2D eigenvalue weighted by Gasteiger charge is -2.13. The molecule has 0 spiro atoms. The number of halogens is 3. The molecule has 104 valence electrons. The van der Waals surface area contributed by atoms with Crippen LogP contribution in [0.4, 0.5) is 8.78 Å². The number of ether oxygens (including phenoxy) is 1. The first-order valence-corrected chi connectivity index (χ1v) is 6.61. The molecule has 0 radical (unpaired) electrons. The quantitative estimate of drug-likeness (QED) is 0.919. The summed E-state index contributed by atoms with van der Waals surface area (Å²) in [7, 11) is 0. The van der Waals surface area contributed by atoms with E-state index in [0.29, 0.717) is 29.8 Å². The molecule has 2 nitrogen and oxygen atoms in total. The van der Waals surface area contributed by atoms with Gasteiger partial charge in [-0.25, -0.2) is 8.78 Å².